The average Bonchev–Trinajstić information content (AvgIpc) is 2.92. The van der Waals surface area contributed by atoms with Gasteiger partial charge in [0.1, 0.15) is 5.69 Å². The molecule has 0 spiro atoms. The number of aromatic nitrogens is 1. The van der Waals surface area contributed by atoms with Gasteiger partial charge in [-0.1, -0.05) is 41.9 Å². The van der Waals surface area contributed by atoms with Gasteiger partial charge in [-0.2, -0.15) is 0 Å². The van der Waals surface area contributed by atoms with Crippen molar-refractivity contribution in [2.45, 2.75) is 32.9 Å². The Morgan fingerprint density at radius 1 is 1.33 bits per heavy atom. The van der Waals surface area contributed by atoms with Gasteiger partial charge in [-0.3, -0.25) is 4.90 Å². The highest BCUT2D eigenvalue weighted by Crippen LogP contribution is 2.22. The zero-order chi connectivity index (χ0) is 14.8. The third-order valence-corrected chi connectivity index (χ3v) is 4.34. The summed E-state index contributed by atoms with van der Waals surface area (Å²) < 4.78 is 5.49. The number of hydrogen-bond donors (Lipinski definition) is 1. The van der Waals surface area contributed by atoms with Gasteiger partial charge in [-0.15, -0.1) is 0 Å². The largest absolute Gasteiger partial charge is 0.359 e. The standard InChI is InChI=1S/C17H23N3O/c1-12-3-5-14(6-4-12)17-9-15(21-19-17)11-20-8-7-16(18)13(2)10-20/h3-6,9,13,16H,7-8,10-11,18H2,1-2H3. The van der Waals surface area contributed by atoms with Crippen LogP contribution in [0.1, 0.15) is 24.7 Å². The Morgan fingerprint density at radius 3 is 2.81 bits per heavy atom. The first-order valence-electron chi connectivity index (χ1n) is 7.62. The molecule has 2 aromatic rings. The number of benzene rings is 1. The minimum absolute atomic E-state index is 0.332. The van der Waals surface area contributed by atoms with E-state index in [4.69, 9.17) is 10.3 Å². The second-order valence-corrected chi connectivity index (χ2v) is 6.21. The van der Waals surface area contributed by atoms with Gasteiger partial charge in [0.2, 0.25) is 0 Å². The normalized spacial score (nSPS) is 23.4. The number of nitrogens with zero attached hydrogens (tertiary/aromatic N) is 2. The maximum Gasteiger partial charge on any atom is 0.151 e. The smallest absolute Gasteiger partial charge is 0.151 e. The molecule has 2 N–H and O–H groups in total. The molecule has 3 rings (SSSR count). The predicted molar refractivity (Wildman–Crippen MR) is 83.7 cm³/mol. The summed E-state index contributed by atoms with van der Waals surface area (Å²) in [6.45, 7) is 7.18. The van der Waals surface area contributed by atoms with E-state index in [1.807, 2.05) is 6.07 Å². The number of piperidine rings is 1. The third-order valence-electron chi connectivity index (χ3n) is 4.34. The summed E-state index contributed by atoms with van der Waals surface area (Å²) in [6, 6.07) is 10.7. The zero-order valence-electron chi connectivity index (χ0n) is 12.7. The fraction of sp³-hybridized carbons (Fsp3) is 0.471. The summed E-state index contributed by atoms with van der Waals surface area (Å²) in [7, 11) is 0. The molecule has 1 aliphatic rings. The van der Waals surface area contributed by atoms with E-state index in [-0.39, 0.29) is 0 Å². The van der Waals surface area contributed by atoms with Gasteiger partial charge >= 0.3 is 0 Å². The van der Waals surface area contributed by atoms with Crippen molar-refractivity contribution in [3.05, 3.63) is 41.7 Å². The van der Waals surface area contributed by atoms with Gasteiger partial charge in [0.15, 0.2) is 5.76 Å². The molecule has 0 saturated carbocycles. The summed E-state index contributed by atoms with van der Waals surface area (Å²) in [6.07, 6.45) is 1.06. The third kappa shape index (κ3) is 3.34. The van der Waals surface area contributed by atoms with Crippen molar-refractivity contribution in [2.75, 3.05) is 13.1 Å². The Balaban J connectivity index is 1.66. The van der Waals surface area contributed by atoms with Gasteiger partial charge in [0.05, 0.1) is 6.54 Å². The van der Waals surface area contributed by atoms with Crippen LogP contribution in [0.4, 0.5) is 0 Å². The predicted octanol–water partition coefficient (Wildman–Crippen LogP) is 2.82. The molecule has 0 aliphatic carbocycles. The Bertz CT molecular complexity index is 590. The van der Waals surface area contributed by atoms with Crippen molar-refractivity contribution in [3.8, 4) is 11.3 Å². The van der Waals surface area contributed by atoms with E-state index in [1.54, 1.807) is 0 Å². The van der Waals surface area contributed by atoms with Crippen LogP contribution < -0.4 is 5.73 Å². The quantitative estimate of drug-likeness (QED) is 0.942. The van der Waals surface area contributed by atoms with Crippen molar-refractivity contribution >= 4 is 0 Å². The molecule has 112 valence electrons. The van der Waals surface area contributed by atoms with Crippen LogP contribution in [0.2, 0.25) is 0 Å². The first kappa shape index (κ1) is 14.3. The Hall–Kier alpha value is -1.65. The van der Waals surface area contributed by atoms with Crippen molar-refractivity contribution in [3.63, 3.8) is 0 Å². The van der Waals surface area contributed by atoms with Crippen LogP contribution in [-0.2, 0) is 6.54 Å². The van der Waals surface area contributed by atoms with Crippen LogP contribution in [-0.4, -0.2) is 29.2 Å². The minimum Gasteiger partial charge on any atom is -0.359 e. The average molecular weight is 285 g/mol. The first-order chi connectivity index (χ1) is 10.1. The maximum atomic E-state index is 6.06. The highest BCUT2D eigenvalue weighted by atomic mass is 16.5. The molecule has 1 aliphatic heterocycles. The van der Waals surface area contributed by atoms with Gasteiger partial charge in [-0.05, 0) is 19.3 Å². The molecule has 1 fully saturated rings. The van der Waals surface area contributed by atoms with Crippen molar-refractivity contribution < 1.29 is 4.52 Å². The number of rotatable bonds is 3. The molecular weight excluding hydrogens is 262 g/mol. The van der Waals surface area contributed by atoms with Crippen LogP contribution in [0.25, 0.3) is 11.3 Å². The highest BCUT2D eigenvalue weighted by Gasteiger charge is 2.23. The molecule has 0 amide bonds. The molecule has 1 saturated heterocycles. The molecule has 0 radical (unpaired) electrons. The van der Waals surface area contributed by atoms with E-state index in [0.29, 0.717) is 12.0 Å². The molecule has 1 aromatic heterocycles. The van der Waals surface area contributed by atoms with Crippen molar-refractivity contribution in [1.82, 2.24) is 10.1 Å². The number of nitrogens with two attached hydrogens (primary N) is 1. The number of likely N-dealkylation sites (tertiary alicyclic amines) is 1. The molecule has 4 nitrogen and oxygen atoms in total. The lowest BCUT2D eigenvalue weighted by atomic mass is 9.95. The highest BCUT2D eigenvalue weighted by molar-refractivity contribution is 5.59. The summed E-state index contributed by atoms with van der Waals surface area (Å²) in [5.74, 6) is 1.46. The summed E-state index contributed by atoms with van der Waals surface area (Å²) in [5, 5.41) is 4.19. The molecule has 2 unspecified atom stereocenters. The second kappa shape index (κ2) is 6.00. The fourth-order valence-corrected chi connectivity index (χ4v) is 2.86. The lowest BCUT2D eigenvalue weighted by Crippen LogP contribution is -2.45. The van der Waals surface area contributed by atoms with E-state index in [2.05, 4.69) is 48.2 Å². The van der Waals surface area contributed by atoms with Gasteiger partial charge in [0, 0.05) is 30.8 Å². The van der Waals surface area contributed by atoms with Crippen molar-refractivity contribution in [1.29, 1.82) is 0 Å². The Labute approximate surface area is 125 Å². The number of hydrogen-bond acceptors (Lipinski definition) is 4. The molecule has 0 bridgehead atoms. The lowest BCUT2D eigenvalue weighted by molar-refractivity contribution is 0.144. The monoisotopic (exact) mass is 285 g/mol. The van der Waals surface area contributed by atoms with E-state index < -0.39 is 0 Å². The van der Waals surface area contributed by atoms with Gasteiger partial charge in [0.25, 0.3) is 0 Å². The Kier molecular flexibility index (Phi) is 4.08. The van der Waals surface area contributed by atoms with Crippen LogP contribution in [0.15, 0.2) is 34.9 Å². The molecule has 2 heterocycles. The summed E-state index contributed by atoms with van der Waals surface area (Å²) >= 11 is 0. The van der Waals surface area contributed by atoms with Crippen LogP contribution in [0.3, 0.4) is 0 Å². The molecule has 4 heteroatoms. The van der Waals surface area contributed by atoms with E-state index >= 15 is 0 Å². The number of aryl methyl sites for hydroxylation is 1. The van der Waals surface area contributed by atoms with E-state index in [0.717, 1.165) is 43.1 Å². The zero-order valence-corrected chi connectivity index (χ0v) is 12.7. The molecular formula is C17H23N3O. The van der Waals surface area contributed by atoms with Crippen LogP contribution in [0.5, 0.6) is 0 Å². The summed E-state index contributed by atoms with van der Waals surface area (Å²) in [4.78, 5) is 2.40. The fourth-order valence-electron chi connectivity index (χ4n) is 2.86. The summed E-state index contributed by atoms with van der Waals surface area (Å²) in [5.41, 5.74) is 9.33. The SMILES string of the molecule is Cc1ccc(-c2cc(CN3CCC(N)C(C)C3)on2)cc1. The van der Waals surface area contributed by atoms with Gasteiger partial charge in [-0.25, -0.2) is 0 Å². The second-order valence-electron chi connectivity index (χ2n) is 6.21. The molecule has 2 atom stereocenters. The van der Waals surface area contributed by atoms with Crippen LogP contribution in [0, 0.1) is 12.8 Å². The molecule has 21 heavy (non-hydrogen) atoms. The maximum absolute atomic E-state index is 6.06. The molecule has 1 aromatic carbocycles. The van der Waals surface area contributed by atoms with Crippen LogP contribution >= 0.6 is 0 Å². The topological polar surface area (TPSA) is 55.3 Å². The van der Waals surface area contributed by atoms with Gasteiger partial charge < -0.3 is 10.3 Å². The van der Waals surface area contributed by atoms with E-state index in [9.17, 15) is 0 Å². The van der Waals surface area contributed by atoms with E-state index in [1.165, 1.54) is 5.56 Å². The first-order valence-corrected chi connectivity index (χ1v) is 7.62. The Morgan fingerprint density at radius 2 is 2.10 bits per heavy atom. The minimum atomic E-state index is 0.332. The van der Waals surface area contributed by atoms with Crippen molar-refractivity contribution in [2.24, 2.45) is 11.7 Å². The lowest BCUT2D eigenvalue weighted by Gasteiger charge is -2.34.